The molecule has 0 amide bonds. The van der Waals surface area contributed by atoms with E-state index in [4.69, 9.17) is 0 Å². The summed E-state index contributed by atoms with van der Waals surface area (Å²) in [5.41, 5.74) is -0.242. The molecule has 0 aromatic rings. The third kappa shape index (κ3) is 2.69. The first-order chi connectivity index (χ1) is 15.0. The molecular formula is C30H50O3. The lowest BCUT2D eigenvalue weighted by Gasteiger charge is -2.75. The Morgan fingerprint density at radius 1 is 0.788 bits per heavy atom. The molecule has 5 aliphatic rings. The summed E-state index contributed by atoms with van der Waals surface area (Å²) >= 11 is 0. The van der Waals surface area contributed by atoms with Crippen LogP contribution in [0.1, 0.15) is 113 Å². The standard InChI is InChI=1S/C30H50O3/c1-24(2)13-14-26(5)15-16-27(6)19(20(26)18-24)17-23(32)30(33)28(7)11-10-22(31)25(3,4)21(28)9-12-29(27,30)8/h17,20-23,31-33H,9-16,18H2,1-8H3. The fourth-order valence-corrected chi connectivity index (χ4v) is 10.5. The van der Waals surface area contributed by atoms with Crippen LogP contribution >= 0.6 is 0 Å². The van der Waals surface area contributed by atoms with E-state index in [1.54, 1.807) is 0 Å². The third-order valence-corrected chi connectivity index (χ3v) is 13.3. The summed E-state index contributed by atoms with van der Waals surface area (Å²) < 4.78 is 0. The van der Waals surface area contributed by atoms with Gasteiger partial charge in [0.15, 0.2) is 0 Å². The first kappa shape index (κ1) is 24.3. The smallest absolute Gasteiger partial charge is 0.106 e. The average Bonchev–Trinajstić information content (AvgIpc) is 2.71. The monoisotopic (exact) mass is 458 g/mol. The largest absolute Gasteiger partial charge is 0.393 e. The van der Waals surface area contributed by atoms with E-state index in [0.29, 0.717) is 23.2 Å². The third-order valence-electron chi connectivity index (χ3n) is 13.3. The van der Waals surface area contributed by atoms with Crippen LogP contribution in [0.25, 0.3) is 0 Å². The summed E-state index contributed by atoms with van der Waals surface area (Å²) in [6.07, 6.45) is 10.4. The molecule has 0 spiro atoms. The van der Waals surface area contributed by atoms with Crippen molar-refractivity contribution in [2.45, 2.75) is 131 Å². The summed E-state index contributed by atoms with van der Waals surface area (Å²) in [6, 6.07) is 0. The van der Waals surface area contributed by atoms with Gasteiger partial charge in [-0.2, -0.15) is 0 Å². The summed E-state index contributed by atoms with van der Waals surface area (Å²) in [5.74, 6) is 0.689. The zero-order chi connectivity index (χ0) is 24.5. The van der Waals surface area contributed by atoms with Gasteiger partial charge < -0.3 is 15.3 Å². The number of fused-ring (bicyclic) bond motifs is 7. The van der Waals surface area contributed by atoms with E-state index in [0.717, 1.165) is 25.7 Å². The van der Waals surface area contributed by atoms with E-state index in [1.807, 2.05) is 0 Å². The molecule has 0 heterocycles. The predicted octanol–water partition coefficient (Wildman–Crippen LogP) is 6.25. The van der Waals surface area contributed by atoms with Crippen molar-refractivity contribution in [3.05, 3.63) is 11.6 Å². The second-order valence-electron chi connectivity index (χ2n) is 15.5. The number of allylic oxidation sites excluding steroid dienone is 1. The zero-order valence-corrected chi connectivity index (χ0v) is 22.6. The molecule has 5 rings (SSSR count). The van der Waals surface area contributed by atoms with Crippen molar-refractivity contribution in [3.8, 4) is 0 Å². The highest BCUT2D eigenvalue weighted by Crippen LogP contribution is 2.76. The van der Waals surface area contributed by atoms with Crippen molar-refractivity contribution >= 4 is 0 Å². The maximum absolute atomic E-state index is 12.9. The van der Waals surface area contributed by atoms with E-state index in [1.165, 1.54) is 31.3 Å². The van der Waals surface area contributed by atoms with E-state index < -0.39 is 17.1 Å². The van der Waals surface area contributed by atoms with Gasteiger partial charge in [-0.05, 0) is 91.3 Å². The Morgan fingerprint density at radius 3 is 2.09 bits per heavy atom. The number of aliphatic hydroxyl groups is 3. The fourth-order valence-electron chi connectivity index (χ4n) is 10.5. The molecule has 0 bridgehead atoms. The van der Waals surface area contributed by atoms with Crippen LogP contribution in [0, 0.1) is 44.3 Å². The molecule has 5 aliphatic carbocycles. The molecule has 188 valence electrons. The molecule has 0 aromatic heterocycles. The van der Waals surface area contributed by atoms with Gasteiger partial charge in [-0.25, -0.2) is 0 Å². The Hall–Kier alpha value is -0.380. The average molecular weight is 459 g/mol. The molecular weight excluding hydrogens is 408 g/mol. The lowest BCUT2D eigenvalue weighted by molar-refractivity contribution is -0.316. The van der Waals surface area contributed by atoms with Crippen LogP contribution in [-0.4, -0.2) is 33.1 Å². The highest BCUT2D eigenvalue weighted by atomic mass is 16.3. The van der Waals surface area contributed by atoms with Crippen LogP contribution in [0.4, 0.5) is 0 Å². The second-order valence-corrected chi connectivity index (χ2v) is 15.5. The normalized spacial score (nSPS) is 57.1. The minimum atomic E-state index is -1.18. The molecule has 0 aliphatic heterocycles. The number of hydrogen-bond donors (Lipinski definition) is 3. The Labute approximate surface area is 202 Å². The number of hydrogen-bond acceptors (Lipinski definition) is 3. The summed E-state index contributed by atoms with van der Waals surface area (Å²) in [4.78, 5) is 0. The number of rotatable bonds is 0. The molecule has 3 heteroatoms. The fraction of sp³-hybridized carbons (Fsp3) is 0.933. The van der Waals surface area contributed by atoms with Gasteiger partial charge in [0.2, 0.25) is 0 Å². The molecule has 3 nitrogen and oxygen atoms in total. The SMILES string of the molecule is CC1(C)CCC2(C)CCC3(C)C(=CC(O)C4(O)C5(C)CCC(O)C(C)(C)C5CCC34C)C2C1. The Balaban J connectivity index is 1.67. The maximum atomic E-state index is 12.9. The second kappa shape index (κ2) is 6.68. The highest BCUT2D eigenvalue weighted by Gasteiger charge is 2.76. The van der Waals surface area contributed by atoms with Crippen LogP contribution in [0.2, 0.25) is 0 Å². The molecule has 0 radical (unpaired) electrons. The topological polar surface area (TPSA) is 60.7 Å². The molecule has 0 saturated heterocycles. The predicted molar refractivity (Wildman–Crippen MR) is 134 cm³/mol. The van der Waals surface area contributed by atoms with Gasteiger partial charge in [0, 0.05) is 10.8 Å². The van der Waals surface area contributed by atoms with Crippen LogP contribution < -0.4 is 0 Å². The minimum Gasteiger partial charge on any atom is -0.393 e. The van der Waals surface area contributed by atoms with Crippen LogP contribution in [0.3, 0.4) is 0 Å². The van der Waals surface area contributed by atoms with Gasteiger partial charge in [0.05, 0.1) is 6.10 Å². The van der Waals surface area contributed by atoms with Crippen LogP contribution in [0.5, 0.6) is 0 Å². The maximum Gasteiger partial charge on any atom is 0.106 e. The Kier molecular flexibility index (Phi) is 4.92. The first-order valence-corrected chi connectivity index (χ1v) is 13.8. The number of aliphatic hydroxyl groups excluding tert-OH is 2. The minimum absolute atomic E-state index is 0.104. The summed E-state index contributed by atoms with van der Waals surface area (Å²) in [6.45, 7) is 18.7. The van der Waals surface area contributed by atoms with Crippen molar-refractivity contribution in [1.29, 1.82) is 0 Å². The van der Waals surface area contributed by atoms with Crippen LogP contribution in [0.15, 0.2) is 11.6 Å². The molecule has 9 unspecified atom stereocenters. The van der Waals surface area contributed by atoms with Crippen molar-refractivity contribution < 1.29 is 15.3 Å². The molecule has 4 saturated carbocycles. The molecule has 9 atom stereocenters. The lowest BCUT2D eigenvalue weighted by Crippen LogP contribution is -2.77. The van der Waals surface area contributed by atoms with Crippen molar-refractivity contribution in [1.82, 2.24) is 0 Å². The zero-order valence-electron chi connectivity index (χ0n) is 22.6. The quantitative estimate of drug-likeness (QED) is 0.376. The highest BCUT2D eigenvalue weighted by molar-refractivity contribution is 5.39. The van der Waals surface area contributed by atoms with Crippen molar-refractivity contribution in [3.63, 3.8) is 0 Å². The molecule has 0 aromatic carbocycles. The van der Waals surface area contributed by atoms with Crippen molar-refractivity contribution in [2.24, 2.45) is 44.3 Å². The van der Waals surface area contributed by atoms with E-state index in [-0.39, 0.29) is 28.3 Å². The van der Waals surface area contributed by atoms with Gasteiger partial charge >= 0.3 is 0 Å². The van der Waals surface area contributed by atoms with E-state index in [9.17, 15) is 15.3 Å². The van der Waals surface area contributed by atoms with Gasteiger partial charge in [0.1, 0.15) is 11.7 Å². The van der Waals surface area contributed by atoms with Gasteiger partial charge in [-0.1, -0.05) is 67.0 Å². The molecule has 3 N–H and O–H groups in total. The van der Waals surface area contributed by atoms with Gasteiger partial charge in [-0.3, -0.25) is 0 Å². The lowest BCUT2D eigenvalue weighted by atomic mass is 9.31. The summed E-state index contributed by atoms with van der Waals surface area (Å²) in [7, 11) is 0. The van der Waals surface area contributed by atoms with Gasteiger partial charge in [-0.15, -0.1) is 0 Å². The van der Waals surface area contributed by atoms with Crippen molar-refractivity contribution in [2.75, 3.05) is 0 Å². The first-order valence-electron chi connectivity index (χ1n) is 13.8. The Bertz CT molecular complexity index is 874. The van der Waals surface area contributed by atoms with Crippen LogP contribution in [-0.2, 0) is 0 Å². The Morgan fingerprint density at radius 2 is 1.42 bits per heavy atom. The molecule has 4 fully saturated rings. The summed E-state index contributed by atoms with van der Waals surface area (Å²) in [5, 5.41) is 35.7. The van der Waals surface area contributed by atoms with E-state index in [2.05, 4.69) is 61.5 Å². The van der Waals surface area contributed by atoms with E-state index >= 15 is 0 Å². The van der Waals surface area contributed by atoms with Gasteiger partial charge in [0.25, 0.3) is 0 Å². The molecule has 33 heavy (non-hydrogen) atoms.